The number of anilines is 1. The molecular weight excluding hydrogens is 242 g/mol. The van der Waals surface area contributed by atoms with E-state index in [1.807, 2.05) is 30.3 Å². The second-order valence-corrected chi connectivity index (χ2v) is 4.27. The zero-order valence-corrected chi connectivity index (χ0v) is 10.8. The van der Waals surface area contributed by atoms with Gasteiger partial charge >= 0.3 is 0 Å². The number of nitrogens with zero attached hydrogens (tertiary/aromatic N) is 2. The zero-order valence-electron chi connectivity index (χ0n) is 10.8. The first-order chi connectivity index (χ1) is 9.20. The van der Waals surface area contributed by atoms with Gasteiger partial charge in [0.25, 0.3) is 5.91 Å². The lowest BCUT2D eigenvalue weighted by Crippen LogP contribution is -2.29. The van der Waals surface area contributed by atoms with Crippen molar-refractivity contribution in [3.63, 3.8) is 0 Å². The smallest absolute Gasteiger partial charge is 0.289 e. The Hall–Kier alpha value is -2.37. The zero-order chi connectivity index (χ0) is 13.7. The quantitative estimate of drug-likeness (QED) is 0.760. The van der Waals surface area contributed by atoms with Crippen LogP contribution in [0.3, 0.4) is 0 Å². The molecule has 19 heavy (non-hydrogen) atoms. The lowest BCUT2D eigenvalue weighted by Gasteiger charge is -2.17. The molecule has 1 atom stereocenters. The summed E-state index contributed by atoms with van der Waals surface area (Å²) in [5, 5.41) is 9.09. The minimum absolute atomic E-state index is 0.0370. The number of H-pyrrole nitrogens is 1. The molecule has 100 valence electrons. The Labute approximate surface area is 111 Å². The van der Waals surface area contributed by atoms with E-state index in [1.54, 1.807) is 0 Å². The van der Waals surface area contributed by atoms with Crippen molar-refractivity contribution in [1.29, 1.82) is 0 Å². The largest absolute Gasteiger partial charge is 0.366 e. The van der Waals surface area contributed by atoms with Crippen LogP contribution in [0.25, 0.3) is 0 Å². The van der Waals surface area contributed by atoms with Crippen molar-refractivity contribution >= 4 is 11.9 Å². The van der Waals surface area contributed by atoms with Gasteiger partial charge in [0.2, 0.25) is 11.8 Å². The Bertz CT molecular complexity index is 537. The molecule has 0 spiro atoms. The standard InChI is InChI=1S/C13H17N5O/c1-2-6-10(9-7-4-3-5-8-9)15-12(19)11-16-13(14)18-17-11/h3-5,7-8,10H,2,6H2,1H3,(H,15,19)(H3,14,16,17,18). The van der Waals surface area contributed by atoms with Crippen LogP contribution in [0.2, 0.25) is 0 Å². The first-order valence-corrected chi connectivity index (χ1v) is 6.24. The van der Waals surface area contributed by atoms with Crippen molar-refractivity contribution in [3.8, 4) is 0 Å². The fourth-order valence-electron chi connectivity index (χ4n) is 1.90. The van der Waals surface area contributed by atoms with Gasteiger partial charge in [-0.2, -0.15) is 4.98 Å². The summed E-state index contributed by atoms with van der Waals surface area (Å²) in [5.41, 5.74) is 6.46. The summed E-state index contributed by atoms with van der Waals surface area (Å²) in [7, 11) is 0. The molecule has 0 radical (unpaired) electrons. The number of benzene rings is 1. The third-order valence-corrected chi connectivity index (χ3v) is 2.80. The number of carbonyl (C=O) groups excluding carboxylic acids is 1. The molecule has 2 aromatic rings. The normalized spacial score (nSPS) is 12.1. The molecule has 1 heterocycles. The molecule has 0 saturated carbocycles. The number of nitrogens with one attached hydrogen (secondary N) is 2. The molecule has 1 aromatic carbocycles. The molecule has 4 N–H and O–H groups in total. The van der Waals surface area contributed by atoms with Gasteiger partial charge in [0.15, 0.2) is 0 Å². The van der Waals surface area contributed by atoms with E-state index in [1.165, 1.54) is 0 Å². The molecule has 0 saturated heterocycles. The van der Waals surface area contributed by atoms with Gasteiger partial charge in [-0.25, -0.2) is 0 Å². The summed E-state index contributed by atoms with van der Waals surface area (Å²) >= 11 is 0. The van der Waals surface area contributed by atoms with Gasteiger partial charge in [0, 0.05) is 0 Å². The number of aromatic nitrogens is 3. The Morgan fingerprint density at radius 1 is 1.42 bits per heavy atom. The van der Waals surface area contributed by atoms with E-state index >= 15 is 0 Å². The van der Waals surface area contributed by atoms with E-state index in [0.29, 0.717) is 0 Å². The monoisotopic (exact) mass is 259 g/mol. The molecule has 0 aliphatic heterocycles. The van der Waals surface area contributed by atoms with Crippen molar-refractivity contribution in [2.45, 2.75) is 25.8 Å². The number of nitrogen functional groups attached to an aromatic ring is 1. The van der Waals surface area contributed by atoms with E-state index in [2.05, 4.69) is 27.4 Å². The Morgan fingerprint density at radius 2 is 2.16 bits per heavy atom. The number of nitrogens with two attached hydrogens (primary N) is 1. The van der Waals surface area contributed by atoms with Crippen molar-refractivity contribution in [2.24, 2.45) is 0 Å². The topological polar surface area (TPSA) is 96.7 Å². The maximum absolute atomic E-state index is 12.0. The molecule has 0 aliphatic carbocycles. The van der Waals surface area contributed by atoms with Gasteiger partial charge in [-0.15, -0.1) is 5.10 Å². The second kappa shape index (κ2) is 5.99. The number of carbonyl (C=O) groups is 1. The van der Waals surface area contributed by atoms with Gasteiger partial charge in [0.1, 0.15) is 0 Å². The summed E-state index contributed by atoms with van der Waals surface area (Å²) < 4.78 is 0. The minimum Gasteiger partial charge on any atom is -0.366 e. The van der Waals surface area contributed by atoms with Crippen LogP contribution in [0.15, 0.2) is 30.3 Å². The summed E-state index contributed by atoms with van der Waals surface area (Å²) in [4.78, 5) is 15.8. The molecule has 2 rings (SSSR count). The lowest BCUT2D eigenvalue weighted by atomic mass is 10.0. The van der Waals surface area contributed by atoms with Crippen LogP contribution in [-0.2, 0) is 0 Å². The van der Waals surface area contributed by atoms with Gasteiger partial charge in [-0.1, -0.05) is 43.7 Å². The molecule has 0 aliphatic rings. The number of rotatable bonds is 5. The highest BCUT2D eigenvalue weighted by molar-refractivity contribution is 5.90. The molecule has 6 heteroatoms. The van der Waals surface area contributed by atoms with Crippen LogP contribution in [-0.4, -0.2) is 21.1 Å². The molecule has 1 aromatic heterocycles. The summed E-state index contributed by atoms with van der Waals surface area (Å²) in [6.45, 7) is 2.08. The van der Waals surface area contributed by atoms with Crippen LogP contribution in [0.1, 0.15) is 42.0 Å². The predicted octanol–water partition coefficient (Wildman–Crippen LogP) is 1.66. The third-order valence-electron chi connectivity index (χ3n) is 2.80. The summed E-state index contributed by atoms with van der Waals surface area (Å²) in [6, 6.07) is 9.81. The van der Waals surface area contributed by atoms with Gasteiger partial charge in [-0.05, 0) is 12.0 Å². The van der Waals surface area contributed by atoms with E-state index in [0.717, 1.165) is 18.4 Å². The van der Waals surface area contributed by atoms with Crippen LogP contribution in [0.5, 0.6) is 0 Å². The molecule has 0 fully saturated rings. The number of hydrogen-bond acceptors (Lipinski definition) is 4. The average Bonchev–Trinajstić information content (AvgIpc) is 2.86. The fraction of sp³-hybridized carbons (Fsp3) is 0.308. The number of hydrogen-bond donors (Lipinski definition) is 3. The molecule has 0 bridgehead atoms. The minimum atomic E-state index is -0.300. The lowest BCUT2D eigenvalue weighted by molar-refractivity contribution is 0.0924. The average molecular weight is 259 g/mol. The van der Waals surface area contributed by atoms with E-state index < -0.39 is 0 Å². The molecule has 1 amide bonds. The van der Waals surface area contributed by atoms with Crippen molar-refractivity contribution in [2.75, 3.05) is 5.73 Å². The highest BCUT2D eigenvalue weighted by Gasteiger charge is 2.17. The molecular formula is C13H17N5O. The fourth-order valence-corrected chi connectivity index (χ4v) is 1.90. The maximum Gasteiger partial charge on any atom is 0.289 e. The van der Waals surface area contributed by atoms with E-state index in [9.17, 15) is 4.79 Å². The number of aromatic amines is 1. The Kier molecular flexibility index (Phi) is 4.12. The highest BCUT2D eigenvalue weighted by Crippen LogP contribution is 2.18. The van der Waals surface area contributed by atoms with E-state index in [4.69, 9.17) is 5.73 Å². The van der Waals surface area contributed by atoms with Crippen molar-refractivity contribution < 1.29 is 4.79 Å². The third kappa shape index (κ3) is 3.31. The highest BCUT2D eigenvalue weighted by atomic mass is 16.2. The number of amides is 1. The first kappa shape index (κ1) is 13.1. The van der Waals surface area contributed by atoms with Crippen LogP contribution < -0.4 is 11.1 Å². The van der Waals surface area contributed by atoms with Gasteiger partial charge < -0.3 is 11.1 Å². The first-order valence-electron chi connectivity index (χ1n) is 6.24. The van der Waals surface area contributed by atoms with Crippen LogP contribution >= 0.6 is 0 Å². The van der Waals surface area contributed by atoms with Crippen molar-refractivity contribution in [1.82, 2.24) is 20.5 Å². The maximum atomic E-state index is 12.0. The SMILES string of the molecule is CCCC(NC(=O)c1nc(N)n[nH]1)c1ccccc1. The van der Waals surface area contributed by atoms with Gasteiger partial charge in [0.05, 0.1) is 6.04 Å². The van der Waals surface area contributed by atoms with Crippen LogP contribution in [0, 0.1) is 0 Å². The molecule has 6 nitrogen and oxygen atoms in total. The van der Waals surface area contributed by atoms with E-state index in [-0.39, 0.29) is 23.7 Å². The summed E-state index contributed by atoms with van der Waals surface area (Å²) in [5.74, 6) is -0.0991. The second-order valence-electron chi connectivity index (χ2n) is 4.27. The Balaban J connectivity index is 2.11. The van der Waals surface area contributed by atoms with Crippen LogP contribution in [0.4, 0.5) is 5.95 Å². The summed E-state index contributed by atoms with van der Waals surface area (Å²) in [6.07, 6.45) is 1.83. The van der Waals surface area contributed by atoms with Gasteiger partial charge in [-0.3, -0.25) is 9.89 Å². The van der Waals surface area contributed by atoms with Crippen molar-refractivity contribution in [3.05, 3.63) is 41.7 Å². The molecule has 1 unspecified atom stereocenters. The Morgan fingerprint density at radius 3 is 2.74 bits per heavy atom. The predicted molar refractivity (Wildman–Crippen MR) is 72.4 cm³/mol.